The fourth-order valence-corrected chi connectivity index (χ4v) is 3.48. The highest BCUT2D eigenvalue weighted by Crippen LogP contribution is 2.44. The summed E-state index contributed by atoms with van der Waals surface area (Å²) in [6.45, 7) is 4.98. The Labute approximate surface area is 163 Å². The minimum Gasteiger partial charge on any atom is -0.494 e. The van der Waals surface area contributed by atoms with Gasteiger partial charge in [-0.25, -0.2) is 9.98 Å². The van der Waals surface area contributed by atoms with Crippen LogP contribution < -0.4 is 26.0 Å². The Kier molecular flexibility index (Phi) is 4.38. The van der Waals surface area contributed by atoms with Crippen molar-refractivity contribution in [2.24, 2.45) is 15.7 Å². The summed E-state index contributed by atoms with van der Waals surface area (Å²) in [6.07, 6.45) is 0. The van der Waals surface area contributed by atoms with Gasteiger partial charge in [0.15, 0.2) is 5.96 Å². The van der Waals surface area contributed by atoms with Crippen molar-refractivity contribution >= 4 is 29.2 Å². The van der Waals surface area contributed by atoms with Crippen LogP contribution in [-0.2, 0) is 10.5 Å². The molecule has 0 unspecified atom stereocenters. The summed E-state index contributed by atoms with van der Waals surface area (Å²) in [5.41, 5.74) is 6.93. The number of amides is 1. The molecule has 2 aliphatic heterocycles. The number of nitrogens with zero attached hydrogens (tertiary/aromatic N) is 3. The van der Waals surface area contributed by atoms with E-state index in [2.05, 4.69) is 20.6 Å². The van der Waals surface area contributed by atoms with Crippen molar-refractivity contribution in [3.8, 4) is 5.75 Å². The molecule has 0 aromatic heterocycles. The summed E-state index contributed by atoms with van der Waals surface area (Å²) >= 11 is 0. The van der Waals surface area contributed by atoms with Gasteiger partial charge in [0.25, 0.3) is 11.6 Å². The molecule has 1 amide bonds. The standard InChI is InChI=1S/C20H22N6O2/c1-3-26-16-8-6-5-7-15(16)20(17(26)27)24-18(21)23-19(25-20)22-13-9-11-14(12-10-13)28-4-2/h5-12H,3-4H2,1-2H3,(H4,21,22,23,24,25)/t20-/m1/s1. The van der Waals surface area contributed by atoms with Crippen LogP contribution in [0.25, 0.3) is 0 Å². The second-order valence-electron chi connectivity index (χ2n) is 6.40. The van der Waals surface area contributed by atoms with E-state index in [1.807, 2.05) is 62.4 Å². The van der Waals surface area contributed by atoms with E-state index in [-0.39, 0.29) is 11.9 Å². The van der Waals surface area contributed by atoms with Gasteiger partial charge in [0, 0.05) is 17.8 Å². The highest BCUT2D eigenvalue weighted by molar-refractivity contribution is 6.14. The third-order valence-electron chi connectivity index (χ3n) is 4.66. The number of benzene rings is 2. The number of nitrogens with two attached hydrogens (primary N) is 1. The zero-order valence-corrected chi connectivity index (χ0v) is 15.8. The summed E-state index contributed by atoms with van der Waals surface area (Å²) in [5, 5.41) is 6.07. The molecule has 4 N–H and O–H groups in total. The number of rotatable bonds is 4. The Hall–Kier alpha value is -3.55. The van der Waals surface area contributed by atoms with E-state index >= 15 is 0 Å². The molecule has 2 aliphatic rings. The van der Waals surface area contributed by atoms with Gasteiger partial charge in [-0.2, -0.15) is 0 Å². The van der Waals surface area contributed by atoms with Crippen LogP contribution in [0.1, 0.15) is 19.4 Å². The Balaban J connectivity index is 1.71. The van der Waals surface area contributed by atoms with E-state index < -0.39 is 5.66 Å². The number of hydrogen-bond acceptors (Lipinski definition) is 7. The van der Waals surface area contributed by atoms with Gasteiger partial charge in [-0.1, -0.05) is 18.2 Å². The lowest BCUT2D eigenvalue weighted by Crippen LogP contribution is -2.51. The van der Waals surface area contributed by atoms with E-state index in [1.54, 1.807) is 4.90 Å². The second kappa shape index (κ2) is 6.88. The van der Waals surface area contributed by atoms with Crippen LogP contribution in [0.15, 0.2) is 58.5 Å². The first-order chi connectivity index (χ1) is 13.6. The first kappa shape index (κ1) is 17.8. The minimum absolute atomic E-state index is 0.129. The number of carbonyl (C=O) groups is 1. The van der Waals surface area contributed by atoms with E-state index in [0.29, 0.717) is 19.1 Å². The van der Waals surface area contributed by atoms with Crippen molar-refractivity contribution in [3.63, 3.8) is 0 Å². The Morgan fingerprint density at radius 2 is 1.89 bits per heavy atom. The van der Waals surface area contributed by atoms with Crippen molar-refractivity contribution in [2.75, 3.05) is 23.4 Å². The highest BCUT2D eigenvalue weighted by atomic mass is 16.5. The van der Waals surface area contributed by atoms with Crippen molar-refractivity contribution in [1.29, 1.82) is 0 Å². The molecule has 8 nitrogen and oxygen atoms in total. The second-order valence-corrected chi connectivity index (χ2v) is 6.40. The molecule has 2 aromatic carbocycles. The van der Waals surface area contributed by atoms with Gasteiger partial charge >= 0.3 is 0 Å². The van der Waals surface area contributed by atoms with Gasteiger partial charge in [0.2, 0.25) is 5.96 Å². The molecule has 2 aromatic rings. The van der Waals surface area contributed by atoms with Gasteiger partial charge < -0.3 is 20.7 Å². The van der Waals surface area contributed by atoms with E-state index in [0.717, 1.165) is 22.7 Å². The largest absolute Gasteiger partial charge is 0.494 e. The van der Waals surface area contributed by atoms with E-state index in [4.69, 9.17) is 10.5 Å². The molecule has 1 spiro atoms. The molecule has 2 heterocycles. The Morgan fingerprint density at radius 1 is 1.14 bits per heavy atom. The molecule has 4 rings (SSSR count). The topological polar surface area (TPSA) is 104 Å². The monoisotopic (exact) mass is 378 g/mol. The molecule has 0 bridgehead atoms. The highest BCUT2D eigenvalue weighted by Gasteiger charge is 2.52. The summed E-state index contributed by atoms with van der Waals surface area (Å²) < 4.78 is 5.46. The fourth-order valence-electron chi connectivity index (χ4n) is 3.48. The zero-order chi connectivity index (χ0) is 19.7. The predicted molar refractivity (Wildman–Crippen MR) is 110 cm³/mol. The Morgan fingerprint density at radius 3 is 2.61 bits per heavy atom. The number of anilines is 2. The quantitative estimate of drug-likeness (QED) is 0.755. The molecular formula is C20H22N6O2. The van der Waals surface area contributed by atoms with Gasteiger partial charge in [-0.15, -0.1) is 0 Å². The lowest BCUT2D eigenvalue weighted by Gasteiger charge is -2.27. The van der Waals surface area contributed by atoms with Gasteiger partial charge in [0.1, 0.15) is 5.75 Å². The lowest BCUT2D eigenvalue weighted by atomic mass is 10.0. The van der Waals surface area contributed by atoms with Crippen molar-refractivity contribution < 1.29 is 9.53 Å². The Bertz CT molecular complexity index is 969. The number of likely N-dealkylation sites (N-methyl/N-ethyl adjacent to an activating group) is 1. The average Bonchev–Trinajstić information content (AvgIpc) is 2.91. The van der Waals surface area contributed by atoms with Crippen LogP contribution in [0.5, 0.6) is 5.75 Å². The molecule has 0 radical (unpaired) electrons. The summed E-state index contributed by atoms with van der Waals surface area (Å²) in [5.74, 6) is 1.05. The van der Waals surface area contributed by atoms with Crippen LogP contribution >= 0.6 is 0 Å². The number of para-hydroxylation sites is 1. The normalized spacial score (nSPS) is 20.4. The van der Waals surface area contributed by atoms with Gasteiger partial charge in [-0.3, -0.25) is 10.1 Å². The molecule has 144 valence electrons. The van der Waals surface area contributed by atoms with Crippen LogP contribution in [0.3, 0.4) is 0 Å². The minimum atomic E-state index is -1.41. The smallest absolute Gasteiger partial charge is 0.282 e. The molecular weight excluding hydrogens is 356 g/mol. The number of guanidine groups is 2. The lowest BCUT2D eigenvalue weighted by molar-refractivity contribution is -0.122. The number of nitrogens with one attached hydrogen (secondary N) is 2. The first-order valence-corrected chi connectivity index (χ1v) is 9.21. The maximum absolute atomic E-state index is 13.2. The average molecular weight is 378 g/mol. The van der Waals surface area contributed by atoms with Gasteiger partial charge in [0.05, 0.1) is 12.3 Å². The maximum atomic E-state index is 13.2. The maximum Gasteiger partial charge on any atom is 0.282 e. The summed E-state index contributed by atoms with van der Waals surface area (Å²) in [7, 11) is 0. The molecule has 8 heteroatoms. The van der Waals surface area contributed by atoms with Crippen molar-refractivity contribution in [2.45, 2.75) is 19.5 Å². The predicted octanol–water partition coefficient (Wildman–Crippen LogP) is 1.99. The zero-order valence-electron chi connectivity index (χ0n) is 15.8. The van der Waals surface area contributed by atoms with E-state index in [1.165, 1.54) is 0 Å². The van der Waals surface area contributed by atoms with Gasteiger partial charge in [-0.05, 0) is 44.2 Å². The number of fused-ring (bicyclic) bond motifs is 2. The van der Waals surface area contributed by atoms with Crippen molar-refractivity contribution in [1.82, 2.24) is 5.32 Å². The fraction of sp³-hybridized carbons (Fsp3) is 0.250. The molecule has 0 aliphatic carbocycles. The number of hydrogen-bond donors (Lipinski definition) is 3. The molecule has 0 saturated heterocycles. The number of aliphatic imine (C=N–C) groups is 2. The molecule has 0 fully saturated rings. The first-order valence-electron chi connectivity index (χ1n) is 9.21. The molecule has 28 heavy (non-hydrogen) atoms. The van der Waals surface area contributed by atoms with Crippen molar-refractivity contribution in [3.05, 3.63) is 54.1 Å². The summed E-state index contributed by atoms with van der Waals surface area (Å²) in [4.78, 5) is 23.9. The van der Waals surface area contributed by atoms with Crippen LogP contribution in [0.4, 0.5) is 11.4 Å². The summed E-state index contributed by atoms with van der Waals surface area (Å²) in [6, 6.07) is 15.0. The van der Waals surface area contributed by atoms with Crippen LogP contribution in [0.2, 0.25) is 0 Å². The van der Waals surface area contributed by atoms with E-state index in [9.17, 15) is 4.79 Å². The molecule has 1 atom stereocenters. The molecule has 0 saturated carbocycles. The number of ether oxygens (including phenoxy) is 1. The number of carbonyl (C=O) groups excluding carboxylic acids is 1. The van der Waals surface area contributed by atoms with Crippen LogP contribution in [-0.4, -0.2) is 31.0 Å². The van der Waals surface area contributed by atoms with Crippen LogP contribution in [0, 0.1) is 0 Å². The SMILES string of the molecule is CCOc1ccc(NC2=N[C@@]3(N=C(N)N2)C(=O)N(CC)c2ccccc23)cc1. The third-order valence-corrected chi connectivity index (χ3v) is 4.66. The third kappa shape index (κ3) is 2.83.